The molecule has 0 fully saturated rings. The minimum absolute atomic E-state index is 0.129. The van der Waals surface area contributed by atoms with Gasteiger partial charge in [-0.05, 0) is 29.2 Å². The summed E-state index contributed by atoms with van der Waals surface area (Å²) in [5.74, 6) is 0.664. The third-order valence-corrected chi connectivity index (χ3v) is 3.20. The molecule has 0 aliphatic carbocycles. The molecule has 0 bridgehead atoms. The van der Waals surface area contributed by atoms with Crippen molar-refractivity contribution in [1.82, 2.24) is 4.57 Å². The van der Waals surface area contributed by atoms with Crippen molar-refractivity contribution in [3.63, 3.8) is 0 Å². The summed E-state index contributed by atoms with van der Waals surface area (Å²) >= 11 is 0. The summed E-state index contributed by atoms with van der Waals surface area (Å²) in [5, 5.41) is 11.8. The average Bonchev–Trinajstić information content (AvgIpc) is 2.86. The van der Waals surface area contributed by atoms with Gasteiger partial charge in [-0.15, -0.1) is 0 Å². The van der Waals surface area contributed by atoms with Crippen molar-refractivity contribution < 1.29 is 5.21 Å². The first-order valence-corrected chi connectivity index (χ1v) is 6.33. The van der Waals surface area contributed by atoms with Crippen molar-refractivity contribution in [2.24, 2.45) is 10.9 Å². The van der Waals surface area contributed by atoms with Crippen molar-refractivity contribution in [1.29, 1.82) is 0 Å². The van der Waals surface area contributed by atoms with Crippen LogP contribution >= 0.6 is 0 Å². The van der Waals surface area contributed by atoms with Crippen molar-refractivity contribution in [3.8, 4) is 0 Å². The molecule has 0 saturated heterocycles. The highest BCUT2D eigenvalue weighted by molar-refractivity contribution is 5.95. The Balaban J connectivity index is 2.20. The van der Waals surface area contributed by atoms with Gasteiger partial charge in [-0.3, -0.25) is 0 Å². The lowest BCUT2D eigenvalue weighted by atomic mass is 10.0. The Kier molecular flexibility index (Phi) is 3.90. The molecule has 0 saturated carbocycles. The standard InChI is InChI=1S/C15H19N3O/c1-11(2)13-7-5-12(6-8-13)10-18-9-3-4-14(18)15(16)17-19/h3-9,11,19H,10H2,1-2H3,(H2,16,17). The van der Waals surface area contributed by atoms with Gasteiger partial charge in [0.05, 0.1) is 5.69 Å². The Hall–Kier alpha value is -2.23. The van der Waals surface area contributed by atoms with Crippen LogP contribution in [-0.4, -0.2) is 15.6 Å². The predicted molar refractivity (Wildman–Crippen MR) is 76.6 cm³/mol. The predicted octanol–water partition coefficient (Wildman–Crippen LogP) is 2.75. The number of rotatable bonds is 4. The van der Waals surface area contributed by atoms with E-state index in [1.807, 2.05) is 22.9 Å². The molecule has 0 amide bonds. The van der Waals surface area contributed by atoms with Crippen LogP contribution in [0.25, 0.3) is 0 Å². The molecule has 0 spiro atoms. The number of oxime groups is 1. The van der Waals surface area contributed by atoms with E-state index < -0.39 is 0 Å². The van der Waals surface area contributed by atoms with Crippen LogP contribution < -0.4 is 5.73 Å². The largest absolute Gasteiger partial charge is 0.409 e. The quantitative estimate of drug-likeness (QED) is 0.383. The normalized spacial score (nSPS) is 12.1. The third-order valence-electron chi connectivity index (χ3n) is 3.20. The zero-order valence-corrected chi connectivity index (χ0v) is 11.2. The third kappa shape index (κ3) is 2.96. The maximum atomic E-state index is 8.74. The van der Waals surface area contributed by atoms with E-state index in [0.717, 1.165) is 5.69 Å². The minimum Gasteiger partial charge on any atom is -0.409 e. The van der Waals surface area contributed by atoms with E-state index in [0.29, 0.717) is 12.5 Å². The van der Waals surface area contributed by atoms with Crippen molar-refractivity contribution in [2.75, 3.05) is 0 Å². The molecule has 100 valence electrons. The molecule has 3 N–H and O–H groups in total. The van der Waals surface area contributed by atoms with Crippen LogP contribution in [0.5, 0.6) is 0 Å². The molecule has 0 unspecified atom stereocenters. The van der Waals surface area contributed by atoms with Gasteiger partial charge in [-0.1, -0.05) is 43.3 Å². The molecule has 1 aromatic heterocycles. The zero-order chi connectivity index (χ0) is 13.8. The average molecular weight is 257 g/mol. The first-order valence-electron chi connectivity index (χ1n) is 6.33. The van der Waals surface area contributed by atoms with E-state index in [4.69, 9.17) is 10.9 Å². The summed E-state index contributed by atoms with van der Waals surface area (Å²) in [5.41, 5.74) is 8.87. The van der Waals surface area contributed by atoms with Crippen LogP contribution in [0.1, 0.15) is 36.6 Å². The number of hydrogen-bond acceptors (Lipinski definition) is 2. The highest BCUT2D eigenvalue weighted by Crippen LogP contribution is 2.16. The van der Waals surface area contributed by atoms with E-state index >= 15 is 0 Å². The number of benzene rings is 1. The molecular weight excluding hydrogens is 238 g/mol. The van der Waals surface area contributed by atoms with E-state index in [2.05, 4.69) is 43.3 Å². The van der Waals surface area contributed by atoms with Gasteiger partial charge in [0, 0.05) is 12.7 Å². The molecule has 2 rings (SSSR count). The highest BCUT2D eigenvalue weighted by atomic mass is 16.4. The van der Waals surface area contributed by atoms with Crippen molar-refractivity contribution >= 4 is 5.84 Å². The molecule has 4 heteroatoms. The molecule has 0 aliphatic heterocycles. The SMILES string of the molecule is CC(C)c1ccc(Cn2cccc2/C(N)=N/O)cc1. The summed E-state index contributed by atoms with van der Waals surface area (Å²) in [6.45, 7) is 5.06. The van der Waals surface area contributed by atoms with Crippen molar-refractivity contribution in [2.45, 2.75) is 26.3 Å². The fourth-order valence-electron chi connectivity index (χ4n) is 2.04. The molecule has 2 aromatic rings. The van der Waals surface area contributed by atoms with Gasteiger partial charge in [-0.2, -0.15) is 0 Å². The summed E-state index contributed by atoms with van der Waals surface area (Å²) < 4.78 is 1.96. The fourth-order valence-corrected chi connectivity index (χ4v) is 2.04. The molecule has 1 aromatic carbocycles. The maximum Gasteiger partial charge on any atom is 0.186 e. The maximum absolute atomic E-state index is 8.74. The van der Waals surface area contributed by atoms with Crippen molar-refractivity contribution in [3.05, 3.63) is 59.4 Å². The van der Waals surface area contributed by atoms with Gasteiger partial charge >= 0.3 is 0 Å². The van der Waals surface area contributed by atoms with Gasteiger partial charge in [0.1, 0.15) is 0 Å². The summed E-state index contributed by atoms with van der Waals surface area (Å²) in [7, 11) is 0. The lowest BCUT2D eigenvalue weighted by Gasteiger charge is -2.10. The summed E-state index contributed by atoms with van der Waals surface area (Å²) in [6.07, 6.45) is 1.92. The molecule has 0 atom stereocenters. The monoisotopic (exact) mass is 257 g/mol. The van der Waals surface area contributed by atoms with Gasteiger partial charge in [0.25, 0.3) is 0 Å². The Morgan fingerprint density at radius 3 is 2.53 bits per heavy atom. The van der Waals surface area contributed by atoms with Crippen LogP contribution in [0.4, 0.5) is 0 Å². The summed E-state index contributed by atoms with van der Waals surface area (Å²) in [6, 6.07) is 12.2. The Morgan fingerprint density at radius 1 is 1.26 bits per heavy atom. The van der Waals surface area contributed by atoms with Crippen LogP contribution in [-0.2, 0) is 6.54 Å². The first-order chi connectivity index (χ1) is 9.11. The topological polar surface area (TPSA) is 63.5 Å². The van der Waals surface area contributed by atoms with Gasteiger partial charge < -0.3 is 15.5 Å². The molecule has 0 radical (unpaired) electrons. The Morgan fingerprint density at radius 2 is 1.95 bits per heavy atom. The first kappa shape index (κ1) is 13.2. The van der Waals surface area contributed by atoms with Crippen LogP contribution in [0.3, 0.4) is 0 Å². The number of nitrogens with two attached hydrogens (primary N) is 1. The molecule has 19 heavy (non-hydrogen) atoms. The van der Waals surface area contributed by atoms with Crippen LogP contribution in [0.2, 0.25) is 0 Å². The molecule has 4 nitrogen and oxygen atoms in total. The molecule has 0 aliphatic rings. The number of aromatic nitrogens is 1. The van der Waals surface area contributed by atoms with Crippen LogP contribution in [0.15, 0.2) is 47.8 Å². The van der Waals surface area contributed by atoms with Gasteiger partial charge in [0.15, 0.2) is 5.84 Å². The summed E-state index contributed by atoms with van der Waals surface area (Å²) in [4.78, 5) is 0. The number of nitrogens with zero attached hydrogens (tertiary/aromatic N) is 2. The number of hydrogen-bond donors (Lipinski definition) is 2. The second-order valence-electron chi connectivity index (χ2n) is 4.90. The molecule has 1 heterocycles. The van der Waals surface area contributed by atoms with Crippen LogP contribution in [0, 0.1) is 0 Å². The number of amidine groups is 1. The second kappa shape index (κ2) is 5.61. The smallest absolute Gasteiger partial charge is 0.186 e. The van der Waals surface area contributed by atoms with Gasteiger partial charge in [-0.25, -0.2) is 0 Å². The lowest BCUT2D eigenvalue weighted by Crippen LogP contribution is -2.18. The lowest BCUT2D eigenvalue weighted by molar-refractivity contribution is 0.318. The van der Waals surface area contributed by atoms with E-state index in [9.17, 15) is 0 Å². The van der Waals surface area contributed by atoms with E-state index in [-0.39, 0.29) is 5.84 Å². The van der Waals surface area contributed by atoms with Gasteiger partial charge in [0.2, 0.25) is 0 Å². The Labute approximate surface area is 113 Å². The zero-order valence-electron chi connectivity index (χ0n) is 11.2. The minimum atomic E-state index is 0.129. The second-order valence-corrected chi connectivity index (χ2v) is 4.90. The molecular formula is C15H19N3O. The Bertz CT molecular complexity index is 567. The van der Waals surface area contributed by atoms with E-state index in [1.54, 1.807) is 0 Å². The van der Waals surface area contributed by atoms with E-state index in [1.165, 1.54) is 11.1 Å². The fraction of sp³-hybridized carbons (Fsp3) is 0.267. The highest BCUT2D eigenvalue weighted by Gasteiger charge is 2.06.